The number of rotatable bonds is 9. The summed E-state index contributed by atoms with van der Waals surface area (Å²) < 4.78 is 0. The summed E-state index contributed by atoms with van der Waals surface area (Å²) in [7, 11) is 1.80. The first-order valence-electron chi connectivity index (χ1n) is 11.2. The number of aliphatic imine (C=N–C) groups is 1. The van der Waals surface area contributed by atoms with E-state index in [1.807, 2.05) is 6.07 Å². The van der Waals surface area contributed by atoms with Gasteiger partial charge in [-0.1, -0.05) is 54.6 Å². The third-order valence-corrected chi connectivity index (χ3v) is 5.77. The van der Waals surface area contributed by atoms with Gasteiger partial charge in [0.2, 0.25) is 5.91 Å². The first kappa shape index (κ1) is 22.8. The van der Waals surface area contributed by atoms with Crippen LogP contribution >= 0.6 is 0 Å². The fraction of sp³-hybridized carbons (Fsp3) is 0.440. The Bertz CT molecular complexity index is 852. The van der Waals surface area contributed by atoms with Crippen molar-refractivity contribution in [1.29, 1.82) is 0 Å². The molecule has 0 bridgehead atoms. The summed E-state index contributed by atoms with van der Waals surface area (Å²) in [5.74, 6) is 0.624. The Hall–Kier alpha value is -2.86. The molecule has 166 valence electrons. The van der Waals surface area contributed by atoms with Gasteiger partial charge in [0.25, 0.3) is 0 Å². The van der Waals surface area contributed by atoms with Crippen LogP contribution in [0.4, 0.5) is 0 Å². The number of primary amides is 1. The number of benzene rings is 2. The Morgan fingerprint density at radius 3 is 2.65 bits per heavy atom. The molecular weight excluding hydrogens is 386 g/mol. The number of nitrogens with zero attached hydrogens (tertiary/aromatic N) is 2. The lowest BCUT2D eigenvalue weighted by molar-refractivity contribution is -0.123. The third-order valence-electron chi connectivity index (χ3n) is 5.77. The monoisotopic (exact) mass is 421 g/mol. The topological polar surface area (TPSA) is 82.8 Å². The van der Waals surface area contributed by atoms with Crippen LogP contribution in [0.5, 0.6) is 0 Å². The number of aryl methyl sites for hydroxylation is 1. The highest BCUT2D eigenvalue weighted by Gasteiger charge is 2.23. The molecule has 0 spiro atoms. The zero-order chi connectivity index (χ0) is 21.9. The van der Waals surface area contributed by atoms with E-state index in [9.17, 15) is 4.79 Å². The number of guanidine groups is 1. The molecule has 2 aromatic carbocycles. The van der Waals surface area contributed by atoms with E-state index in [-0.39, 0.29) is 11.8 Å². The molecule has 2 aromatic rings. The molecule has 1 atom stereocenters. The predicted octanol–water partition coefficient (Wildman–Crippen LogP) is 2.68. The molecule has 0 saturated carbocycles. The summed E-state index contributed by atoms with van der Waals surface area (Å²) in [6.07, 6.45) is 4.05. The quantitative estimate of drug-likeness (QED) is 0.330. The van der Waals surface area contributed by atoms with Crippen molar-refractivity contribution < 1.29 is 4.79 Å². The number of carbonyl (C=O) groups excluding carboxylic acids is 1. The van der Waals surface area contributed by atoms with Gasteiger partial charge in [-0.25, -0.2) is 0 Å². The molecule has 1 heterocycles. The van der Waals surface area contributed by atoms with Crippen molar-refractivity contribution in [3.05, 3.63) is 71.3 Å². The van der Waals surface area contributed by atoms with Crippen molar-refractivity contribution in [1.82, 2.24) is 15.5 Å². The van der Waals surface area contributed by atoms with E-state index < -0.39 is 0 Å². The fourth-order valence-electron chi connectivity index (χ4n) is 4.08. The number of amides is 1. The first-order chi connectivity index (χ1) is 15.1. The van der Waals surface area contributed by atoms with E-state index in [1.54, 1.807) is 7.05 Å². The van der Waals surface area contributed by atoms with Crippen LogP contribution in [0.2, 0.25) is 0 Å². The molecule has 1 saturated heterocycles. The summed E-state index contributed by atoms with van der Waals surface area (Å²) in [6, 6.07) is 19.1. The Labute approximate surface area is 185 Å². The highest BCUT2D eigenvalue weighted by molar-refractivity contribution is 5.79. The van der Waals surface area contributed by atoms with Crippen molar-refractivity contribution >= 4 is 11.9 Å². The van der Waals surface area contributed by atoms with E-state index in [2.05, 4.69) is 69.1 Å². The van der Waals surface area contributed by atoms with Crippen molar-refractivity contribution in [3.8, 4) is 0 Å². The Balaban J connectivity index is 1.42. The number of carbonyl (C=O) groups is 1. The minimum Gasteiger partial charge on any atom is -0.369 e. The van der Waals surface area contributed by atoms with Gasteiger partial charge in [0.05, 0.1) is 5.92 Å². The van der Waals surface area contributed by atoms with Crippen LogP contribution in [0.25, 0.3) is 0 Å². The van der Waals surface area contributed by atoms with E-state index in [4.69, 9.17) is 5.73 Å². The predicted molar refractivity (Wildman–Crippen MR) is 127 cm³/mol. The lowest BCUT2D eigenvalue weighted by Crippen LogP contribution is -2.40. The smallest absolute Gasteiger partial charge is 0.221 e. The molecule has 6 heteroatoms. The highest BCUT2D eigenvalue weighted by atomic mass is 16.1. The summed E-state index contributed by atoms with van der Waals surface area (Å²) >= 11 is 0. The average Bonchev–Trinajstić information content (AvgIpc) is 2.80. The summed E-state index contributed by atoms with van der Waals surface area (Å²) in [5.41, 5.74) is 9.35. The second-order valence-electron chi connectivity index (χ2n) is 8.24. The molecule has 1 amide bonds. The van der Waals surface area contributed by atoms with Crippen molar-refractivity contribution in [2.45, 2.75) is 38.8 Å². The molecule has 1 aliphatic heterocycles. The van der Waals surface area contributed by atoms with Gasteiger partial charge in [0.1, 0.15) is 0 Å². The number of likely N-dealkylation sites (tertiary alicyclic amines) is 1. The zero-order valence-electron chi connectivity index (χ0n) is 18.5. The number of hydrogen-bond acceptors (Lipinski definition) is 3. The van der Waals surface area contributed by atoms with Crippen LogP contribution in [0.1, 0.15) is 36.0 Å². The van der Waals surface area contributed by atoms with Crippen LogP contribution < -0.4 is 16.4 Å². The maximum absolute atomic E-state index is 11.5. The maximum atomic E-state index is 11.5. The average molecular weight is 422 g/mol. The van der Waals surface area contributed by atoms with Crippen LogP contribution in [-0.4, -0.2) is 43.4 Å². The number of hydrogen-bond donors (Lipinski definition) is 3. The van der Waals surface area contributed by atoms with Gasteiger partial charge in [-0.2, -0.15) is 0 Å². The van der Waals surface area contributed by atoms with Gasteiger partial charge in [-0.3, -0.25) is 14.7 Å². The van der Waals surface area contributed by atoms with Crippen LogP contribution in [0, 0.1) is 5.92 Å². The van der Waals surface area contributed by atoms with Crippen molar-refractivity contribution in [3.63, 3.8) is 0 Å². The van der Waals surface area contributed by atoms with Gasteiger partial charge in [-0.05, 0) is 48.9 Å². The van der Waals surface area contributed by atoms with Crippen molar-refractivity contribution in [2.24, 2.45) is 16.6 Å². The van der Waals surface area contributed by atoms with Crippen LogP contribution in [-0.2, 0) is 24.3 Å². The number of nitrogens with one attached hydrogen (secondary N) is 2. The van der Waals surface area contributed by atoms with E-state index in [0.29, 0.717) is 0 Å². The van der Waals surface area contributed by atoms with Gasteiger partial charge in [0, 0.05) is 33.2 Å². The molecule has 1 aliphatic rings. The molecule has 1 fully saturated rings. The van der Waals surface area contributed by atoms with E-state index in [0.717, 1.165) is 64.4 Å². The SMILES string of the molecule is CN=C(NCCCc1ccccc1)NCc1cccc(CN2CCCC(C(N)=O)C2)c1. The second-order valence-corrected chi connectivity index (χ2v) is 8.24. The summed E-state index contributed by atoms with van der Waals surface area (Å²) in [4.78, 5) is 18.2. The molecule has 6 nitrogen and oxygen atoms in total. The molecule has 4 N–H and O–H groups in total. The van der Waals surface area contributed by atoms with Crippen molar-refractivity contribution in [2.75, 3.05) is 26.7 Å². The summed E-state index contributed by atoms with van der Waals surface area (Å²) in [6.45, 7) is 4.23. The molecular formula is C25H35N5O. The Morgan fingerprint density at radius 1 is 1.10 bits per heavy atom. The molecule has 0 aromatic heterocycles. The fourth-order valence-corrected chi connectivity index (χ4v) is 4.08. The Morgan fingerprint density at radius 2 is 1.87 bits per heavy atom. The van der Waals surface area contributed by atoms with Gasteiger partial charge >= 0.3 is 0 Å². The highest BCUT2D eigenvalue weighted by Crippen LogP contribution is 2.18. The lowest BCUT2D eigenvalue weighted by Gasteiger charge is -2.31. The van der Waals surface area contributed by atoms with Crippen LogP contribution in [0.15, 0.2) is 59.6 Å². The maximum Gasteiger partial charge on any atom is 0.221 e. The minimum absolute atomic E-state index is 0.0186. The van der Waals surface area contributed by atoms with Gasteiger partial charge in [0.15, 0.2) is 5.96 Å². The molecule has 1 unspecified atom stereocenters. The lowest BCUT2D eigenvalue weighted by atomic mass is 9.97. The second kappa shape index (κ2) is 12.1. The minimum atomic E-state index is -0.176. The number of nitrogens with two attached hydrogens (primary N) is 1. The zero-order valence-corrected chi connectivity index (χ0v) is 18.5. The number of piperidine rings is 1. The molecule has 0 aliphatic carbocycles. The Kier molecular flexibility index (Phi) is 8.91. The van der Waals surface area contributed by atoms with E-state index in [1.165, 1.54) is 16.7 Å². The molecule has 0 radical (unpaired) electrons. The van der Waals surface area contributed by atoms with Crippen LogP contribution in [0.3, 0.4) is 0 Å². The van der Waals surface area contributed by atoms with E-state index >= 15 is 0 Å². The first-order valence-corrected chi connectivity index (χ1v) is 11.2. The summed E-state index contributed by atoms with van der Waals surface area (Å²) in [5, 5.41) is 6.79. The normalized spacial score (nSPS) is 17.3. The largest absolute Gasteiger partial charge is 0.369 e. The standard InChI is InChI=1S/C25H35N5O/c1-27-25(28-14-6-12-20-8-3-2-4-9-20)29-17-21-10-5-11-22(16-21)18-30-15-7-13-23(19-30)24(26)31/h2-5,8-11,16,23H,6-7,12-15,17-19H2,1H3,(H2,26,31)(H2,27,28,29). The third kappa shape index (κ3) is 7.72. The molecule has 31 heavy (non-hydrogen) atoms. The van der Waals surface area contributed by atoms with Gasteiger partial charge < -0.3 is 16.4 Å². The van der Waals surface area contributed by atoms with Gasteiger partial charge in [-0.15, -0.1) is 0 Å². The molecule has 3 rings (SSSR count).